The van der Waals surface area contributed by atoms with Crippen LogP contribution in [0.1, 0.15) is 53.7 Å². The fraction of sp³-hybridized carbons (Fsp3) is 0.333. The number of amides is 2. The van der Waals surface area contributed by atoms with Gasteiger partial charge >= 0.3 is 0 Å². The summed E-state index contributed by atoms with van der Waals surface area (Å²) in [6, 6.07) is 11.8. The first-order valence-electron chi connectivity index (χ1n) is 9.66. The van der Waals surface area contributed by atoms with E-state index in [4.69, 9.17) is 4.42 Å². The van der Waals surface area contributed by atoms with Crippen LogP contribution < -0.4 is 10.2 Å². The summed E-state index contributed by atoms with van der Waals surface area (Å²) >= 11 is 1.09. The van der Waals surface area contributed by atoms with E-state index in [1.165, 1.54) is 4.90 Å². The number of aryl methyl sites for hydroxylation is 1. The summed E-state index contributed by atoms with van der Waals surface area (Å²) in [4.78, 5) is 28.2. The highest BCUT2D eigenvalue weighted by atomic mass is 32.1. The first-order valence-corrected chi connectivity index (χ1v) is 10.5. The third-order valence-electron chi connectivity index (χ3n) is 5.07. The maximum absolute atomic E-state index is 13.4. The van der Waals surface area contributed by atoms with Crippen LogP contribution >= 0.6 is 11.5 Å². The molecule has 1 saturated carbocycles. The van der Waals surface area contributed by atoms with Gasteiger partial charge in [0.25, 0.3) is 11.8 Å². The first kappa shape index (κ1) is 19.3. The molecule has 4 rings (SSSR count). The molecule has 1 aromatic carbocycles. The molecule has 0 unspecified atom stereocenters. The molecule has 0 bridgehead atoms. The Morgan fingerprint density at radius 2 is 1.93 bits per heavy atom. The second-order valence-corrected chi connectivity index (χ2v) is 7.75. The maximum Gasteiger partial charge on any atom is 0.280 e. The minimum absolute atomic E-state index is 0.120. The van der Waals surface area contributed by atoms with E-state index in [1.54, 1.807) is 29.6 Å². The van der Waals surface area contributed by atoms with Crippen molar-refractivity contribution in [2.75, 3.05) is 4.90 Å². The fourth-order valence-electron chi connectivity index (χ4n) is 3.68. The number of hydrogen-bond donors (Lipinski definition) is 1. The van der Waals surface area contributed by atoms with Crippen LogP contribution in [0.2, 0.25) is 0 Å². The number of benzene rings is 1. The van der Waals surface area contributed by atoms with E-state index in [1.807, 2.05) is 25.1 Å². The molecule has 2 amide bonds. The Labute approximate surface area is 172 Å². The van der Waals surface area contributed by atoms with Crippen molar-refractivity contribution < 1.29 is 14.0 Å². The number of aromatic nitrogens is 2. The van der Waals surface area contributed by atoms with Gasteiger partial charge in [-0.25, -0.2) is 0 Å². The zero-order valence-corrected chi connectivity index (χ0v) is 16.9. The zero-order valence-electron chi connectivity index (χ0n) is 16.1. The molecule has 150 valence electrons. The van der Waals surface area contributed by atoms with Crippen LogP contribution in [0.15, 0.2) is 52.3 Å². The number of carbonyl (C=O) groups is 2. The van der Waals surface area contributed by atoms with E-state index in [0.717, 1.165) is 37.2 Å². The number of hydrogen-bond acceptors (Lipinski definition) is 6. The minimum atomic E-state index is -0.944. The highest BCUT2D eigenvalue weighted by Crippen LogP contribution is 2.31. The molecule has 8 heteroatoms. The predicted octanol–water partition coefficient (Wildman–Crippen LogP) is 3.89. The Bertz CT molecular complexity index is 965. The summed E-state index contributed by atoms with van der Waals surface area (Å²) in [6.07, 6.45) is 4.10. The normalized spacial score (nSPS) is 15.2. The standard InChI is InChI=1S/C21H22N4O3S/c1-14-11-12-18(28-14)19(20(26)22-15-7-5-6-8-15)25(16-9-3-2-4-10-16)21(27)17-13-29-24-23-17/h2-4,9-13,15,19H,5-8H2,1H3,(H,22,26)/t19-/m1/s1. The maximum atomic E-state index is 13.4. The van der Waals surface area contributed by atoms with Crippen molar-refractivity contribution in [2.45, 2.75) is 44.7 Å². The lowest BCUT2D eigenvalue weighted by Crippen LogP contribution is -2.46. The van der Waals surface area contributed by atoms with E-state index >= 15 is 0 Å². The third-order valence-corrected chi connectivity index (χ3v) is 5.58. The highest BCUT2D eigenvalue weighted by molar-refractivity contribution is 7.03. The average molecular weight is 410 g/mol. The van der Waals surface area contributed by atoms with Gasteiger partial charge in [0.15, 0.2) is 11.7 Å². The van der Waals surface area contributed by atoms with Crippen LogP contribution in [-0.2, 0) is 4.79 Å². The predicted molar refractivity (Wildman–Crippen MR) is 110 cm³/mol. The van der Waals surface area contributed by atoms with Crippen LogP contribution in [0.5, 0.6) is 0 Å². The van der Waals surface area contributed by atoms with Gasteiger partial charge in [-0.2, -0.15) is 0 Å². The molecule has 0 radical (unpaired) electrons. The molecule has 2 heterocycles. The molecular formula is C21H22N4O3S. The van der Waals surface area contributed by atoms with Gasteiger partial charge < -0.3 is 9.73 Å². The lowest BCUT2D eigenvalue weighted by molar-refractivity contribution is -0.123. The van der Waals surface area contributed by atoms with Gasteiger partial charge in [-0.3, -0.25) is 14.5 Å². The van der Waals surface area contributed by atoms with Gasteiger partial charge in [0.1, 0.15) is 11.5 Å². The topological polar surface area (TPSA) is 88.3 Å². The molecule has 1 aliphatic carbocycles. The van der Waals surface area contributed by atoms with Crippen LogP contribution in [0.25, 0.3) is 0 Å². The molecule has 1 aliphatic rings. The van der Waals surface area contributed by atoms with Gasteiger partial charge in [-0.05, 0) is 55.6 Å². The molecule has 2 aromatic heterocycles. The number of nitrogens with zero attached hydrogens (tertiary/aromatic N) is 3. The van der Waals surface area contributed by atoms with Crippen molar-refractivity contribution >= 4 is 29.0 Å². The van der Waals surface area contributed by atoms with Gasteiger partial charge in [-0.1, -0.05) is 35.5 Å². The first-order chi connectivity index (χ1) is 14.1. The van der Waals surface area contributed by atoms with Gasteiger partial charge in [0, 0.05) is 17.1 Å². The number of para-hydroxylation sites is 1. The minimum Gasteiger partial charge on any atom is -0.464 e. The number of furan rings is 1. The third kappa shape index (κ3) is 4.22. The number of carbonyl (C=O) groups excluding carboxylic acids is 2. The zero-order chi connectivity index (χ0) is 20.2. The Morgan fingerprint density at radius 1 is 1.17 bits per heavy atom. The molecule has 1 fully saturated rings. The number of rotatable bonds is 6. The van der Waals surface area contributed by atoms with E-state index in [2.05, 4.69) is 14.9 Å². The lowest BCUT2D eigenvalue weighted by atomic mass is 10.1. The SMILES string of the molecule is Cc1ccc([C@H](C(=O)NC2CCCC2)N(C(=O)c2csnn2)c2ccccc2)o1. The average Bonchev–Trinajstić information content (AvgIpc) is 3.49. The van der Waals surface area contributed by atoms with Crippen molar-refractivity contribution in [1.29, 1.82) is 0 Å². The molecular weight excluding hydrogens is 388 g/mol. The van der Waals surface area contributed by atoms with Gasteiger partial charge in [-0.15, -0.1) is 5.10 Å². The molecule has 1 atom stereocenters. The summed E-state index contributed by atoms with van der Waals surface area (Å²) in [5.41, 5.74) is 0.784. The van der Waals surface area contributed by atoms with Gasteiger partial charge in [0.2, 0.25) is 0 Å². The second-order valence-electron chi connectivity index (χ2n) is 7.14. The Kier molecular flexibility index (Phi) is 5.71. The summed E-state index contributed by atoms with van der Waals surface area (Å²) < 4.78 is 9.62. The molecule has 1 N–H and O–H groups in total. The largest absolute Gasteiger partial charge is 0.464 e. The van der Waals surface area contributed by atoms with Crippen molar-refractivity contribution in [1.82, 2.24) is 14.9 Å². The van der Waals surface area contributed by atoms with Crippen LogP contribution in [0.3, 0.4) is 0 Å². The van der Waals surface area contributed by atoms with E-state index in [9.17, 15) is 9.59 Å². The molecule has 0 saturated heterocycles. The van der Waals surface area contributed by atoms with Crippen molar-refractivity contribution in [3.63, 3.8) is 0 Å². The molecule has 0 spiro atoms. The molecule has 3 aromatic rings. The van der Waals surface area contributed by atoms with Crippen LogP contribution in [-0.4, -0.2) is 27.4 Å². The van der Waals surface area contributed by atoms with E-state index in [-0.39, 0.29) is 17.6 Å². The monoisotopic (exact) mass is 410 g/mol. The van der Waals surface area contributed by atoms with Crippen molar-refractivity contribution in [2.24, 2.45) is 0 Å². The highest BCUT2D eigenvalue weighted by Gasteiger charge is 2.37. The summed E-state index contributed by atoms with van der Waals surface area (Å²) in [5.74, 6) is 0.435. The summed E-state index contributed by atoms with van der Waals surface area (Å²) in [7, 11) is 0. The quantitative estimate of drug-likeness (QED) is 0.666. The summed E-state index contributed by atoms with van der Waals surface area (Å²) in [6.45, 7) is 1.81. The van der Waals surface area contributed by atoms with Crippen LogP contribution in [0, 0.1) is 6.92 Å². The Hall–Kier alpha value is -3.00. The second kappa shape index (κ2) is 8.57. The van der Waals surface area contributed by atoms with Crippen molar-refractivity contribution in [3.8, 4) is 0 Å². The Balaban J connectivity index is 1.76. The van der Waals surface area contributed by atoms with Crippen LogP contribution in [0.4, 0.5) is 5.69 Å². The molecule has 29 heavy (non-hydrogen) atoms. The Morgan fingerprint density at radius 3 is 2.55 bits per heavy atom. The van der Waals surface area contributed by atoms with E-state index in [0.29, 0.717) is 17.2 Å². The fourth-order valence-corrected chi connectivity index (χ4v) is 4.11. The number of anilines is 1. The molecule has 0 aliphatic heterocycles. The number of nitrogens with one attached hydrogen (secondary N) is 1. The molecule has 7 nitrogen and oxygen atoms in total. The smallest absolute Gasteiger partial charge is 0.280 e. The van der Waals surface area contributed by atoms with Gasteiger partial charge in [0.05, 0.1) is 0 Å². The van der Waals surface area contributed by atoms with Crippen molar-refractivity contribution in [3.05, 3.63) is 65.1 Å². The van der Waals surface area contributed by atoms with E-state index < -0.39 is 11.9 Å². The lowest BCUT2D eigenvalue weighted by Gasteiger charge is -2.30. The summed E-state index contributed by atoms with van der Waals surface area (Å²) in [5, 5.41) is 8.61.